The molecule has 6 nitrogen and oxygen atoms in total. The summed E-state index contributed by atoms with van der Waals surface area (Å²) in [4.78, 5) is 17.7. The second-order valence-corrected chi connectivity index (χ2v) is 9.78. The predicted octanol–water partition coefficient (Wildman–Crippen LogP) is 2.67. The molecule has 1 amide bonds. The van der Waals surface area contributed by atoms with E-state index >= 15 is 0 Å². The Morgan fingerprint density at radius 1 is 1.46 bits per heavy atom. The molecular weight excluding hydrogens is 377 g/mol. The van der Waals surface area contributed by atoms with Gasteiger partial charge in [-0.25, -0.2) is 17.8 Å². The second-order valence-electron chi connectivity index (χ2n) is 6.68. The average molecular weight is 397 g/mol. The van der Waals surface area contributed by atoms with Crippen molar-refractivity contribution in [1.29, 1.82) is 0 Å². The summed E-state index contributed by atoms with van der Waals surface area (Å²) in [5.41, 5.74) is 1.10. The van der Waals surface area contributed by atoms with Crippen LogP contribution >= 0.6 is 11.3 Å². The summed E-state index contributed by atoms with van der Waals surface area (Å²) in [7, 11) is -3.48. The van der Waals surface area contributed by atoms with Gasteiger partial charge in [-0.3, -0.25) is 4.79 Å². The Hall–Kier alpha value is -1.84. The average Bonchev–Trinajstić information content (AvgIpc) is 3.07. The lowest BCUT2D eigenvalue weighted by Gasteiger charge is -2.14. The fraction of sp³-hybridized carbons (Fsp3) is 0.412. The van der Waals surface area contributed by atoms with E-state index in [-0.39, 0.29) is 22.9 Å². The normalized spacial score (nSPS) is 16.7. The summed E-state index contributed by atoms with van der Waals surface area (Å²) < 4.78 is 37.0. The molecule has 0 saturated heterocycles. The Morgan fingerprint density at radius 2 is 2.19 bits per heavy atom. The van der Waals surface area contributed by atoms with Crippen LogP contribution in [0.5, 0.6) is 0 Å². The van der Waals surface area contributed by atoms with Crippen LogP contribution in [0.4, 0.5) is 9.52 Å². The zero-order valence-corrected chi connectivity index (χ0v) is 16.3. The molecule has 26 heavy (non-hydrogen) atoms. The van der Waals surface area contributed by atoms with Gasteiger partial charge in [-0.1, -0.05) is 19.9 Å². The van der Waals surface area contributed by atoms with Crippen molar-refractivity contribution in [1.82, 2.24) is 10.3 Å². The number of rotatable bonds is 5. The van der Waals surface area contributed by atoms with Crippen LogP contribution in [0, 0.1) is 11.7 Å². The van der Waals surface area contributed by atoms with E-state index in [1.807, 2.05) is 0 Å². The highest BCUT2D eigenvalue weighted by molar-refractivity contribution is 7.90. The van der Waals surface area contributed by atoms with Crippen molar-refractivity contribution >= 4 is 32.2 Å². The summed E-state index contributed by atoms with van der Waals surface area (Å²) in [5, 5.41) is 6.59. The van der Waals surface area contributed by atoms with Crippen molar-refractivity contribution in [3.05, 3.63) is 40.2 Å². The van der Waals surface area contributed by atoms with Crippen molar-refractivity contribution in [2.75, 3.05) is 11.6 Å². The molecule has 0 saturated carbocycles. The van der Waals surface area contributed by atoms with Gasteiger partial charge in [-0.15, -0.1) is 11.3 Å². The number of carbonyl (C=O) groups is 1. The summed E-state index contributed by atoms with van der Waals surface area (Å²) >= 11 is 1.41. The molecule has 0 bridgehead atoms. The number of amides is 1. The van der Waals surface area contributed by atoms with Gasteiger partial charge < -0.3 is 10.6 Å². The molecule has 1 aromatic carbocycles. The van der Waals surface area contributed by atoms with E-state index in [2.05, 4.69) is 29.5 Å². The number of nitrogens with one attached hydrogen (secondary N) is 2. The number of anilines is 1. The van der Waals surface area contributed by atoms with E-state index in [0.29, 0.717) is 11.0 Å². The van der Waals surface area contributed by atoms with Gasteiger partial charge in [0.25, 0.3) is 0 Å². The molecule has 1 aliphatic rings. The standard InChI is InChI=1S/C17H20FN3O3S2/c1-9(2)15-16-13(8-19-15)25-17(21-16)20-14(22)6-10-4-5-11(7-12(10)18)26(3,23)24/h4-5,7,9,15,19H,6,8H2,1-3H3,(H,20,21,22). The monoisotopic (exact) mass is 397 g/mol. The van der Waals surface area contributed by atoms with Gasteiger partial charge >= 0.3 is 0 Å². The number of hydrogen-bond donors (Lipinski definition) is 2. The number of carbonyl (C=O) groups excluding carboxylic acids is 1. The van der Waals surface area contributed by atoms with Crippen LogP contribution in [0.25, 0.3) is 0 Å². The number of hydrogen-bond acceptors (Lipinski definition) is 6. The highest BCUT2D eigenvalue weighted by Gasteiger charge is 2.29. The summed E-state index contributed by atoms with van der Waals surface area (Å²) in [6, 6.07) is 3.74. The molecule has 2 heterocycles. The molecule has 1 unspecified atom stereocenters. The number of thiazole rings is 1. The van der Waals surface area contributed by atoms with Crippen molar-refractivity contribution in [3.8, 4) is 0 Å². The van der Waals surface area contributed by atoms with Gasteiger partial charge in [-0.2, -0.15) is 0 Å². The Kier molecular flexibility index (Phi) is 5.14. The Balaban J connectivity index is 1.70. The third kappa shape index (κ3) is 3.94. The summed E-state index contributed by atoms with van der Waals surface area (Å²) in [6.45, 7) is 4.94. The first-order valence-electron chi connectivity index (χ1n) is 8.16. The molecule has 1 aliphatic heterocycles. The van der Waals surface area contributed by atoms with Gasteiger partial charge in [-0.05, 0) is 23.6 Å². The van der Waals surface area contributed by atoms with Crippen LogP contribution < -0.4 is 10.6 Å². The zero-order valence-electron chi connectivity index (χ0n) is 14.7. The topological polar surface area (TPSA) is 88.2 Å². The minimum absolute atomic E-state index is 0.109. The molecule has 0 spiro atoms. The van der Waals surface area contributed by atoms with E-state index in [4.69, 9.17) is 0 Å². The Morgan fingerprint density at radius 3 is 2.81 bits per heavy atom. The SMILES string of the molecule is CC(C)C1NCc2sc(NC(=O)Cc3ccc(S(C)(=O)=O)cc3F)nc21. The van der Waals surface area contributed by atoms with Gasteiger partial charge in [0, 0.05) is 17.7 Å². The first-order valence-corrected chi connectivity index (χ1v) is 10.9. The molecule has 3 rings (SSSR count). The second kappa shape index (κ2) is 7.05. The van der Waals surface area contributed by atoms with E-state index in [1.165, 1.54) is 23.5 Å². The first-order chi connectivity index (χ1) is 12.1. The van der Waals surface area contributed by atoms with E-state index < -0.39 is 21.6 Å². The molecule has 0 aliphatic carbocycles. The zero-order chi connectivity index (χ0) is 19.1. The number of aromatic nitrogens is 1. The van der Waals surface area contributed by atoms with Crippen molar-refractivity contribution < 1.29 is 17.6 Å². The smallest absolute Gasteiger partial charge is 0.230 e. The lowest BCUT2D eigenvalue weighted by Crippen LogP contribution is -2.19. The minimum Gasteiger partial charge on any atom is -0.303 e. The van der Waals surface area contributed by atoms with Crippen LogP contribution in [0.3, 0.4) is 0 Å². The molecule has 2 aromatic rings. The van der Waals surface area contributed by atoms with Crippen LogP contribution in [0.2, 0.25) is 0 Å². The molecular formula is C17H20FN3O3S2. The van der Waals surface area contributed by atoms with Crippen LogP contribution in [-0.4, -0.2) is 25.6 Å². The third-order valence-electron chi connectivity index (χ3n) is 4.22. The van der Waals surface area contributed by atoms with Crippen LogP contribution in [-0.2, 0) is 27.6 Å². The molecule has 9 heteroatoms. The number of fused-ring (bicyclic) bond motifs is 1. The van der Waals surface area contributed by atoms with Gasteiger partial charge in [0.05, 0.1) is 23.1 Å². The summed E-state index contributed by atoms with van der Waals surface area (Å²) in [6.07, 6.45) is 0.821. The Labute approximate surface area is 155 Å². The largest absolute Gasteiger partial charge is 0.303 e. The molecule has 0 radical (unpaired) electrons. The lowest BCUT2D eigenvalue weighted by atomic mass is 10.0. The number of sulfone groups is 1. The van der Waals surface area contributed by atoms with E-state index in [9.17, 15) is 17.6 Å². The molecule has 140 valence electrons. The number of halogens is 1. The van der Waals surface area contributed by atoms with Crippen LogP contribution in [0.15, 0.2) is 23.1 Å². The van der Waals surface area contributed by atoms with Gasteiger partial charge in [0.1, 0.15) is 5.82 Å². The van der Waals surface area contributed by atoms with Gasteiger partial charge in [0.15, 0.2) is 15.0 Å². The fourth-order valence-electron chi connectivity index (χ4n) is 2.88. The highest BCUT2D eigenvalue weighted by Crippen LogP contribution is 2.36. The van der Waals surface area contributed by atoms with E-state index in [0.717, 1.165) is 29.4 Å². The number of benzene rings is 1. The maximum absolute atomic E-state index is 14.1. The molecule has 1 aromatic heterocycles. The highest BCUT2D eigenvalue weighted by atomic mass is 32.2. The Bertz CT molecular complexity index is 954. The first kappa shape index (κ1) is 18.9. The molecule has 1 atom stereocenters. The van der Waals surface area contributed by atoms with Crippen molar-refractivity contribution in [3.63, 3.8) is 0 Å². The van der Waals surface area contributed by atoms with Crippen LogP contribution in [0.1, 0.15) is 36.0 Å². The number of nitrogens with zero attached hydrogens (tertiary/aromatic N) is 1. The maximum atomic E-state index is 14.1. The fourth-order valence-corrected chi connectivity index (χ4v) is 4.48. The predicted molar refractivity (Wildman–Crippen MR) is 98.4 cm³/mol. The lowest BCUT2D eigenvalue weighted by molar-refractivity contribution is -0.115. The van der Waals surface area contributed by atoms with Gasteiger partial charge in [0.2, 0.25) is 5.91 Å². The third-order valence-corrected chi connectivity index (χ3v) is 6.32. The minimum atomic E-state index is -3.48. The van der Waals surface area contributed by atoms with Crippen molar-refractivity contribution in [2.45, 2.75) is 37.8 Å². The van der Waals surface area contributed by atoms with E-state index in [1.54, 1.807) is 0 Å². The maximum Gasteiger partial charge on any atom is 0.230 e. The quantitative estimate of drug-likeness (QED) is 0.810. The summed E-state index contributed by atoms with van der Waals surface area (Å²) in [5.74, 6) is -0.712. The molecule has 0 fully saturated rings. The molecule has 2 N–H and O–H groups in total. The van der Waals surface area contributed by atoms with Crippen molar-refractivity contribution in [2.24, 2.45) is 5.92 Å².